The number of carboxylic acids is 1. The minimum atomic E-state index is -0.846. The van der Waals surface area contributed by atoms with E-state index < -0.39 is 18.0 Å². The van der Waals surface area contributed by atoms with Crippen molar-refractivity contribution in [3.8, 4) is 0 Å². The van der Waals surface area contributed by atoms with Crippen molar-refractivity contribution in [2.75, 3.05) is 11.9 Å². The Morgan fingerprint density at radius 1 is 1.63 bits per heavy atom. The van der Waals surface area contributed by atoms with E-state index in [2.05, 4.69) is 22.0 Å². The summed E-state index contributed by atoms with van der Waals surface area (Å²) in [5, 5.41) is 15.4. The van der Waals surface area contributed by atoms with E-state index in [4.69, 9.17) is 9.84 Å². The number of nitrogens with zero attached hydrogens (tertiary/aromatic N) is 3. The third-order valence-electron chi connectivity index (χ3n) is 2.75. The van der Waals surface area contributed by atoms with Gasteiger partial charge in [-0.05, 0) is 6.42 Å². The number of carbonyl (C=O) groups is 2. The van der Waals surface area contributed by atoms with Gasteiger partial charge in [-0.25, -0.2) is 9.48 Å². The fourth-order valence-corrected chi connectivity index (χ4v) is 1.83. The number of aromatic nitrogens is 3. The van der Waals surface area contributed by atoms with Crippen molar-refractivity contribution in [3.63, 3.8) is 0 Å². The molecule has 0 aromatic carbocycles. The Morgan fingerprint density at radius 3 is 3.11 bits per heavy atom. The van der Waals surface area contributed by atoms with Crippen LogP contribution in [0.1, 0.15) is 12.2 Å². The molecule has 1 unspecified atom stereocenters. The van der Waals surface area contributed by atoms with Gasteiger partial charge in [0.15, 0.2) is 0 Å². The molecule has 102 valence electrons. The molecule has 2 rings (SSSR count). The molecule has 2 heterocycles. The zero-order valence-electron chi connectivity index (χ0n) is 10.2. The quantitative estimate of drug-likeness (QED) is 0.775. The van der Waals surface area contributed by atoms with Gasteiger partial charge in [0.2, 0.25) is 0 Å². The van der Waals surface area contributed by atoms with Crippen LogP contribution in [0.15, 0.2) is 12.7 Å². The van der Waals surface area contributed by atoms with Crippen LogP contribution >= 0.6 is 0 Å². The van der Waals surface area contributed by atoms with Crippen LogP contribution in [0.4, 0.5) is 10.7 Å². The predicted octanol–water partition coefficient (Wildman–Crippen LogP) is 0.660. The van der Waals surface area contributed by atoms with E-state index >= 15 is 0 Å². The third-order valence-corrected chi connectivity index (χ3v) is 2.75. The number of aliphatic carboxylic acids is 1. The number of aryl methyl sites for hydroxylation is 1. The Morgan fingerprint density at radius 2 is 2.42 bits per heavy atom. The number of amides is 1. The molecule has 0 bridgehead atoms. The first-order valence-electron chi connectivity index (χ1n) is 5.81. The van der Waals surface area contributed by atoms with Gasteiger partial charge in [-0.15, -0.1) is 5.10 Å². The van der Waals surface area contributed by atoms with Gasteiger partial charge in [0, 0.05) is 6.42 Å². The number of ether oxygens (including phenoxy) is 1. The largest absolute Gasteiger partial charge is 0.481 e. The highest BCUT2D eigenvalue weighted by Gasteiger charge is 2.26. The maximum absolute atomic E-state index is 11.3. The smallest absolute Gasteiger partial charge is 0.414 e. The molecule has 0 saturated heterocycles. The first-order valence-corrected chi connectivity index (χ1v) is 5.81. The predicted molar refractivity (Wildman–Crippen MR) is 64.6 cm³/mol. The van der Waals surface area contributed by atoms with Gasteiger partial charge in [-0.1, -0.05) is 12.7 Å². The van der Waals surface area contributed by atoms with E-state index in [1.54, 1.807) is 0 Å². The number of fused-ring (bicyclic) bond motifs is 1. The lowest BCUT2D eigenvalue weighted by Gasteiger charge is -2.18. The van der Waals surface area contributed by atoms with Crippen molar-refractivity contribution in [2.45, 2.75) is 19.4 Å². The van der Waals surface area contributed by atoms with Crippen LogP contribution in [-0.2, 0) is 22.5 Å². The molecule has 0 aliphatic carbocycles. The molecule has 0 radical (unpaired) electrons. The van der Waals surface area contributed by atoms with Gasteiger partial charge in [-0.2, -0.15) is 4.98 Å². The molecule has 0 saturated carbocycles. The van der Waals surface area contributed by atoms with E-state index in [0.29, 0.717) is 18.7 Å². The lowest BCUT2D eigenvalue weighted by atomic mass is 10.0. The maximum atomic E-state index is 11.3. The van der Waals surface area contributed by atoms with Crippen molar-refractivity contribution in [1.29, 1.82) is 0 Å². The SMILES string of the molecule is C=CCOC(=O)Nc1nc2n(n1)CC(C(=O)O)CC2. The van der Waals surface area contributed by atoms with E-state index in [9.17, 15) is 9.59 Å². The molecule has 1 amide bonds. The van der Waals surface area contributed by atoms with Crippen LogP contribution in [0.3, 0.4) is 0 Å². The summed E-state index contributed by atoms with van der Waals surface area (Å²) in [7, 11) is 0. The lowest BCUT2D eigenvalue weighted by molar-refractivity contribution is -0.142. The average Bonchev–Trinajstić information content (AvgIpc) is 2.77. The summed E-state index contributed by atoms with van der Waals surface area (Å²) in [5.74, 6) is -0.526. The number of hydrogen-bond donors (Lipinski definition) is 2. The summed E-state index contributed by atoms with van der Waals surface area (Å²) < 4.78 is 6.24. The van der Waals surface area contributed by atoms with E-state index in [-0.39, 0.29) is 19.1 Å². The number of carboxylic acid groups (broad SMARTS) is 1. The fraction of sp³-hybridized carbons (Fsp3) is 0.455. The first-order chi connectivity index (χ1) is 9.10. The number of carbonyl (C=O) groups excluding carboxylic acids is 1. The first kappa shape index (κ1) is 13.1. The van der Waals surface area contributed by atoms with Gasteiger partial charge in [-0.3, -0.25) is 10.1 Å². The summed E-state index contributed by atoms with van der Waals surface area (Å²) in [4.78, 5) is 26.3. The molecule has 1 aliphatic heterocycles. The van der Waals surface area contributed by atoms with Gasteiger partial charge in [0.05, 0.1) is 12.5 Å². The van der Waals surface area contributed by atoms with Crippen LogP contribution in [0.25, 0.3) is 0 Å². The van der Waals surface area contributed by atoms with E-state index in [0.717, 1.165) is 0 Å². The summed E-state index contributed by atoms with van der Waals surface area (Å²) in [6.45, 7) is 3.78. The molecule has 0 fully saturated rings. The average molecular weight is 266 g/mol. The Balaban J connectivity index is 2.01. The summed E-state index contributed by atoms with van der Waals surface area (Å²) in [6.07, 6.45) is 1.82. The van der Waals surface area contributed by atoms with Crippen molar-refractivity contribution in [2.24, 2.45) is 5.92 Å². The minimum Gasteiger partial charge on any atom is -0.481 e. The van der Waals surface area contributed by atoms with Crippen molar-refractivity contribution < 1.29 is 19.4 Å². The number of anilines is 1. The van der Waals surface area contributed by atoms with Gasteiger partial charge >= 0.3 is 12.1 Å². The molecule has 1 aromatic rings. The molecule has 8 nitrogen and oxygen atoms in total. The number of nitrogens with one attached hydrogen (secondary N) is 1. The highest BCUT2D eigenvalue weighted by Crippen LogP contribution is 2.19. The van der Waals surface area contributed by atoms with Crippen LogP contribution in [0, 0.1) is 5.92 Å². The van der Waals surface area contributed by atoms with Gasteiger partial charge in [0.25, 0.3) is 5.95 Å². The fourth-order valence-electron chi connectivity index (χ4n) is 1.83. The lowest BCUT2D eigenvalue weighted by Crippen LogP contribution is -2.27. The maximum Gasteiger partial charge on any atom is 0.414 e. The Bertz CT molecular complexity index is 511. The second-order valence-corrected chi connectivity index (χ2v) is 4.12. The second-order valence-electron chi connectivity index (χ2n) is 4.12. The Hall–Kier alpha value is -2.38. The summed E-state index contributed by atoms with van der Waals surface area (Å²) in [6, 6.07) is 0. The third kappa shape index (κ3) is 3.09. The van der Waals surface area contributed by atoms with Crippen LogP contribution in [0.5, 0.6) is 0 Å². The molecule has 2 N–H and O–H groups in total. The molecule has 1 aliphatic rings. The number of rotatable bonds is 4. The minimum absolute atomic E-state index is 0.0977. The summed E-state index contributed by atoms with van der Waals surface area (Å²) >= 11 is 0. The summed E-state index contributed by atoms with van der Waals surface area (Å²) in [5.41, 5.74) is 0. The molecular weight excluding hydrogens is 252 g/mol. The van der Waals surface area contributed by atoms with Gasteiger partial charge in [0.1, 0.15) is 12.4 Å². The Kier molecular flexibility index (Phi) is 3.79. The van der Waals surface area contributed by atoms with Crippen molar-refractivity contribution >= 4 is 18.0 Å². The highest BCUT2D eigenvalue weighted by molar-refractivity contribution is 5.82. The molecular formula is C11H14N4O4. The zero-order chi connectivity index (χ0) is 13.8. The molecule has 0 spiro atoms. The van der Waals surface area contributed by atoms with Crippen molar-refractivity contribution in [1.82, 2.24) is 14.8 Å². The molecule has 8 heteroatoms. The standard InChI is InChI=1S/C11H14N4O4/c1-2-5-19-11(18)13-10-12-8-4-3-7(9(16)17)6-15(8)14-10/h2,7H,1,3-6H2,(H,16,17)(H,13,14,18). The van der Waals surface area contributed by atoms with Crippen LogP contribution in [-0.4, -0.2) is 38.5 Å². The van der Waals surface area contributed by atoms with Crippen LogP contribution < -0.4 is 5.32 Å². The number of hydrogen-bond acceptors (Lipinski definition) is 5. The van der Waals surface area contributed by atoms with Gasteiger partial charge < -0.3 is 9.84 Å². The topological polar surface area (TPSA) is 106 Å². The van der Waals surface area contributed by atoms with Crippen LogP contribution in [0.2, 0.25) is 0 Å². The molecule has 1 atom stereocenters. The monoisotopic (exact) mass is 266 g/mol. The second kappa shape index (κ2) is 5.51. The molecule has 19 heavy (non-hydrogen) atoms. The highest BCUT2D eigenvalue weighted by atomic mass is 16.5. The van der Waals surface area contributed by atoms with E-state index in [1.807, 2.05) is 0 Å². The normalized spacial score (nSPS) is 17.4. The van der Waals surface area contributed by atoms with E-state index in [1.165, 1.54) is 10.8 Å². The zero-order valence-corrected chi connectivity index (χ0v) is 10.2. The Labute approximate surface area is 109 Å². The van der Waals surface area contributed by atoms with Crippen molar-refractivity contribution in [3.05, 3.63) is 18.5 Å². The molecule has 1 aromatic heterocycles.